The summed E-state index contributed by atoms with van der Waals surface area (Å²) in [6.07, 6.45) is 2.68. The van der Waals surface area contributed by atoms with Gasteiger partial charge in [0.1, 0.15) is 5.75 Å². The van der Waals surface area contributed by atoms with Crippen molar-refractivity contribution in [1.29, 1.82) is 0 Å². The quantitative estimate of drug-likeness (QED) is 0.134. The van der Waals surface area contributed by atoms with Crippen molar-refractivity contribution in [3.8, 4) is 5.75 Å². The predicted octanol–water partition coefficient (Wildman–Crippen LogP) is 9.58. The van der Waals surface area contributed by atoms with Gasteiger partial charge < -0.3 is 18.6 Å². The molecule has 6 heteroatoms. The van der Waals surface area contributed by atoms with Gasteiger partial charge in [0, 0.05) is 58.5 Å². The van der Waals surface area contributed by atoms with Crippen molar-refractivity contribution in [1.82, 2.24) is 9.13 Å². The van der Waals surface area contributed by atoms with Crippen LogP contribution in [-0.4, -0.2) is 34.1 Å². The second kappa shape index (κ2) is 15.6. The molecule has 2 heterocycles. The summed E-state index contributed by atoms with van der Waals surface area (Å²) < 4.78 is 15.7. The Morgan fingerprint density at radius 3 is 1.96 bits per heavy atom. The second-order valence-corrected chi connectivity index (χ2v) is 13.1. The fourth-order valence-corrected chi connectivity index (χ4v) is 7.32. The first-order valence-corrected chi connectivity index (χ1v) is 18.2. The summed E-state index contributed by atoms with van der Waals surface area (Å²) in [5.74, 6) is 0.559. The smallest absolute Gasteiger partial charge is 0.344 e. The molecule has 1 aliphatic rings. The molecule has 0 radical (unpaired) electrons. The summed E-state index contributed by atoms with van der Waals surface area (Å²) in [6, 6.07) is 43.5. The molecule has 0 unspecified atom stereocenters. The first kappa shape index (κ1) is 34.6. The Balaban J connectivity index is 0.000000166. The maximum absolute atomic E-state index is 12.8. The molecule has 0 saturated carbocycles. The van der Waals surface area contributed by atoms with Crippen LogP contribution in [0.15, 0.2) is 127 Å². The van der Waals surface area contributed by atoms with Gasteiger partial charge in [0.05, 0.1) is 12.1 Å². The highest BCUT2D eigenvalue weighted by Gasteiger charge is 2.27. The van der Waals surface area contributed by atoms with Crippen LogP contribution in [0.1, 0.15) is 70.5 Å². The van der Waals surface area contributed by atoms with Crippen molar-refractivity contribution in [2.24, 2.45) is 0 Å². The summed E-state index contributed by atoms with van der Waals surface area (Å²) in [7, 11) is 0. The monoisotopic (exact) mass is 688 g/mol. The van der Waals surface area contributed by atoms with Crippen molar-refractivity contribution in [3.05, 3.63) is 172 Å². The Kier molecular flexibility index (Phi) is 10.3. The third kappa shape index (κ3) is 7.02. The fraction of sp³-hybridized carbons (Fsp3) is 0.217. The molecule has 6 nitrogen and oxygen atoms in total. The van der Waals surface area contributed by atoms with E-state index in [9.17, 15) is 9.59 Å². The lowest BCUT2D eigenvalue weighted by Crippen LogP contribution is -2.17. The highest BCUT2D eigenvalue weighted by atomic mass is 16.6. The van der Waals surface area contributed by atoms with Crippen LogP contribution in [0.4, 0.5) is 0 Å². The number of hydrogen-bond acceptors (Lipinski definition) is 4. The Morgan fingerprint density at radius 1 is 0.654 bits per heavy atom. The van der Waals surface area contributed by atoms with Crippen molar-refractivity contribution >= 4 is 33.4 Å². The molecule has 0 bridgehead atoms. The van der Waals surface area contributed by atoms with Gasteiger partial charge in [0.2, 0.25) is 0 Å². The number of fused-ring (bicyclic) bond motifs is 4. The Hall–Kier alpha value is -5.88. The summed E-state index contributed by atoms with van der Waals surface area (Å²) in [4.78, 5) is 24.7. The zero-order valence-corrected chi connectivity index (χ0v) is 30.1. The van der Waals surface area contributed by atoms with E-state index in [0.717, 1.165) is 82.2 Å². The lowest BCUT2D eigenvalue weighted by atomic mass is 9.89. The van der Waals surface area contributed by atoms with E-state index >= 15 is 0 Å². The number of hydrogen-bond donors (Lipinski definition) is 0. The maximum atomic E-state index is 12.8. The molecule has 0 fully saturated rings. The van der Waals surface area contributed by atoms with Gasteiger partial charge in [-0.1, -0.05) is 123 Å². The first-order valence-electron chi connectivity index (χ1n) is 18.2. The van der Waals surface area contributed by atoms with Crippen LogP contribution in [0.3, 0.4) is 0 Å². The average Bonchev–Trinajstić information content (AvgIpc) is 3.71. The number of carbonyl (C=O) groups is 2. The molecule has 8 rings (SSSR count). The topological polar surface area (TPSA) is 62.5 Å². The fourth-order valence-electron chi connectivity index (χ4n) is 7.32. The minimum absolute atomic E-state index is 0.0950. The van der Waals surface area contributed by atoms with E-state index in [0.29, 0.717) is 6.61 Å². The minimum Gasteiger partial charge on any atom is -0.481 e. The van der Waals surface area contributed by atoms with Gasteiger partial charge in [0.25, 0.3) is 0 Å². The third-order valence-corrected chi connectivity index (χ3v) is 9.86. The lowest BCUT2D eigenvalue weighted by Gasteiger charge is -2.19. The van der Waals surface area contributed by atoms with Crippen molar-refractivity contribution in [2.75, 3.05) is 13.2 Å². The molecule has 52 heavy (non-hydrogen) atoms. The molecule has 0 spiro atoms. The van der Waals surface area contributed by atoms with E-state index in [2.05, 4.69) is 102 Å². The van der Waals surface area contributed by atoms with Crippen molar-refractivity contribution in [3.63, 3.8) is 0 Å². The zero-order chi connectivity index (χ0) is 36.0. The van der Waals surface area contributed by atoms with Crippen LogP contribution in [0, 0.1) is 0 Å². The molecular formula is C46H44N2O4. The molecule has 5 aromatic carbocycles. The van der Waals surface area contributed by atoms with Gasteiger partial charge >= 0.3 is 5.97 Å². The van der Waals surface area contributed by atoms with Crippen LogP contribution in [0.2, 0.25) is 0 Å². The van der Waals surface area contributed by atoms with Crippen LogP contribution in [0.5, 0.6) is 5.75 Å². The van der Waals surface area contributed by atoms with Crippen LogP contribution in [-0.2, 0) is 41.9 Å². The molecule has 0 N–H and O–H groups in total. The average molecular weight is 689 g/mol. The highest BCUT2D eigenvalue weighted by molar-refractivity contribution is 6.12. The number of aryl methyl sites for hydroxylation is 2. The SMILES string of the molecule is CCOC(=O)COc1c2ccccc2cc2c1cc(CC)n2Cc1ccccc1.CCc1cc2c(n1Cc1ccccc1)Cc1ccccc1C2=O. The number of benzene rings is 5. The van der Waals surface area contributed by atoms with Gasteiger partial charge in [-0.25, -0.2) is 4.79 Å². The standard InChI is InChI=1S/C25H25NO3.C21H19NO/c1-3-20-15-22-23(26(20)16-18-10-6-5-7-11-18)14-19-12-8-9-13-21(19)25(22)29-17-24(27)28-4-2;1-2-17-13-19-20(22(17)14-15-8-4-3-5-9-15)12-16-10-6-7-11-18(16)21(19)23/h5-15H,3-4,16-17H2,1-2H3;3-11,13H,2,12,14H2,1H3. The zero-order valence-electron chi connectivity index (χ0n) is 30.1. The predicted molar refractivity (Wildman–Crippen MR) is 209 cm³/mol. The molecule has 0 amide bonds. The number of ketones is 1. The van der Waals surface area contributed by atoms with Crippen LogP contribution in [0.25, 0.3) is 21.7 Å². The summed E-state index contributed by atoms with van der Waals surface area (Å²) in [5.41, 5.74) is 10.2. The minimum atomic E-state index is -0.354. The molecule has 0 atom stereocenters. The molecule has 262 valence electrons. The van der Waals surface area contributed by atoms with Crippen LogP contribution < -0.4 is 4.74 Å². The highest BCUT2D eigenvalue weighted by Crippen LogP contribution is 2.37. The van der Waals surface area contributed by atoms with Gasteiger partial charge in [0.15, 0.2) is 12.4 Å². The number of carbonyl (C=O) groups excluding carboxylic acids is 2. The molecule has 2 aromatic heterocycles. The van der Waals surface area contributed by atoms with E-state index in [1.807, 2.05) is 48.5 Å². The maximum Gasteiger partial charge on any atom is 0.344 e. The summed E-state index contributed by atoms with van der Waals surface area (Å²) >= 11 is 0. The Bertz CT molecular complexity index is 2350. The van der Waals surface area contributed by atoms with Gasteiger partial charge in [-0.3, -0.25) is 4.79 Å². The summed E-state index contributed by atoms with van der Waals surface area (Å²) in [5, 5.41) is 3.12. The van der Waals surface area contributed by atoms with Gasteiger partial charge in [-0.2, -0.15) is 0 Å². The molecule has 0 aliphatic heterocycles. The molecular weight excluding hydrogens is 645 g/mol. The van der Waals surface area contributed by atoms with E-state index in [4.69, 9.17) is 9.47 Å². The van der Waals surface area contributed by atoms with Gasteiger partial charge in [-0.05, 0) is 60.0 Å². The third-order valence-electron chi connectivity index (χ3n) is 9.86. The number of ether oxygens (including phenoxy) is 2. The number of aromatic nitrogens is 2. The van der Waals surface area contributed by atoms with E-state index in [1.54, 1.807) is 6.92 Å². The first-order chi connectivity index (χ1) is 25.5. The number of nitrogens with zero attached hydrogens (tertiary/aromatic N) is 2. The Labute approximate surface area is 305 Å². The molecule has 1 aliphatic carbocycles. The number of esters is 1. The Morgan fingerprint density at radius 2 is 1.27 bits per heavy atom. The van der Waals surface area contributed by atoms with E-state index in [1.165, 1.54) is 22.5 Å². The largest absolute Gasteiger partial charge is 0.481 e. The molecule has 0 saturated heterocycles. The van der Waals surface area contributed by atoms with E-state index < -0.39 is 0 Å². The van der Waals surface area contributed by atoms with Gasteiger partial charge in [-0.15, -0.1) is 0 Å². The molecule has 7 aromatic rings. The van der Waals surface area contributed by atoms with E-state index in [-0.39, 0.29) is 18.4 Å². The van der Waals surface area contributed by atoms with Crippen molar-refractivity contribution in [2.45, 2.75) is 53.1 Å². The van der Waals surface area contributed by atoms with Crippen LogP contribution >= 0.6 is 0 Å². The van der Waals surface area contributed by atoms with Crippen molar-refractivity contribution < 1.29 is 19.1 Å². The normalized spacial score (nSPS) is 11.9. The lowest BCUT2D eigenvalue weighted by molar-refractivity contribution is -0.145. The summed E-state index contributed by atoms with van der Waals surface area (Å²) in [6.45, 7) is 7.99. The second-order valence-electron chi connectivity index (χ2n) is 13.1. The number of rotatable bonds is 10.